The van der Waals surface area contributed by atoms with Gasteiger partial charge in [0, 0.05) is 44.2 Å². The number of furan rings is 2. The van der Waals surface area contributed by atoms with Gasteiger partial charge in [0.15, 0.2) is 0 Å². The summed E-state index contributed by atoms with van der Waals surface area (Å²) in [5, 5.41) is 4.51. The lowest BCUT2D eigenvalue weighted by atomic mass is 9.92. The standard InChI is InChI=1S/C54H35NO2/c1-3-11-36(12-4-1)37-19-26-42(27-20-37)55(43-28-21-38(22-29-43)41-25-34-52-49(35-41)47-16-8-9-17-50(47)56-52)44-30-23-39(24-31-44)45-32-33-48-46-15-7-10-18-51(46)57-54(48)53(45)40-13-5-2-6-14-40/h1-35H. The third-order valence-corrected chi connectivity index (χ3v) is 11.1. The zero-order chi connectivity index (χ0) is 37.7. The van der Waals surface area contributed by atoms with Gasteiger partial charge < -0.3 is 13.7 Å². The molecule has 2 heterocycles. The Bertz CT molecular complexity index is 3200. The van der Waals surface area contributed by atoms with E-state index in [-0.39, 0.29) is 0 Å². The van der Waals surface area contributed by atoms with Gasteiger partial charge in [-0.3, -0.25) is 0 Å². The number of nitrogens with zero attached hydrogens (tertiary/aromatic N) is 1. The zero-order valence-electron chi connectivity index (χ0n) is 31.0. The molecule has 0 aliphatic rings. The van der Waals surface area contributed by atoms with Gasteiger partial charge in [-0.1, -0.05) is 146 Å². The summed E-state index contributed by atoms with van der Waals surface area (Å²) < 4.78 is 12.7. The Hall–Kier alpha value is -7.62. The van der Waals surface area contributed by atoms with E-state index in [0.717, 1.165) is 94.3 Å². The highest BCUT2D eigenvalue weighted by atomic mass is 16.3. The van der Waals surface area contributed by atoms with Gasteiger partial charge in [0.25, 0.3) is 0 Å². The summed E-state index contributed by atoms with van der Waals surface area (Å²) in [4.78, 5) is 2.33. The maximum absolute atomic E-state index is 6.58. The van der Waals surface area contributed by atoms with Gasteiger partial charge in [-0.25, -0.2) is 0 Å². The molecule has 3 nitrogen and oxygen atoms in total. The van der Waals surface area contributed by atoms with Gasteiger partial charge in [0.2, 0.25) is 0 Å². The zero-order valence-corrected chi connectivity index (χ0v) is 31.0. The summed E-state index contributed by atoms with van der Waals surface area (Å²) >= 11 is 0. The number of rotatable bonds is 7. The summed E-state index contributed by atoms with van der Waals surface area (Å²) in [6.07, 6.45) is 0. The van der Waals surface area contributed by atoms with E-state index in [2.05, 4.69) is 193 Å². The normalized spacial score (nSPS) is 11.5. The fraction of sp³-hybridized carbons (Fsp3) is 0. The lowest BCUT2D eigenvalue weighted by Crippen LogP contribution is -2.09. The summed E-state index contributed by atoms with van der Waals surface area (Å²) in [5.41, 5.74) is 16.0. The van der Waals surface area contributed by atoms with Crippen LogP contribution in [0.3, 0.4) is 0 Å². The second-order valence-electron chi connectivity index (χ2n) is 14.5. The lowest BCUT2D eigenvalue weighted by molar-refractivity contribution is 0.669. The minimum atomic E-state index is 0.896. The van der Waals surface area contributed by atoms with Gasteiger partial charge in [0.05, 0.1) is 0 Å². The molecule has 0 saturated heterocycles. The first kappa shape index (κ1) is 32.8. The van der Waals surface area contributed by atoms with Crippen LogP contribution in [-0.2, 0) is 0 Å². The smallest absolute Gasteiger partial charge is 0.143 e. The van der Waals surface area contributed by atoms with E-state index in [4.69, 9.17) is 8.83 Å². The largest absolute Gasteiger partial charge is 0.456 e. The molecule has 11 aromatic rings. The Morgan fingerprint density at radius 1 is 0.281 bits per heavy atom. The fourth-order valence-corrected chi connectivity index (χ4v) is 8.30. The molecule has 0 N–H and O–H groups in total. The van der Waals surface area contributed by atoms with E-state index in [1.54, 1.807) is 0 Å². The molecule has 9 aromatic carbocycles. The first-order valence-electron chi connectivity index (χ1n) is 19.3. The highest BCUT2D eigenvalue weighted by molar-refractivity contribution is 6.13. The molecule has 0 saturated carbocycles. The molecule has 0 spiro atoms. The minimum Gasteiger partial charge on any atom is -0.456 e. The van der Waals surface area contributed by atoms with Crippen molar-refractivity contribution in [3.05, 3.63) is 212 Å². The number of fused-ring (bicyclic) bond motifs is 6. The summed E-state index contributed by atoms with van der Waals surface area (Å²) in [7, 11) is 0. The number of para-hydroxylation sites is 2. The molecule has 0 aliphatic carbocycles. The molecule has 57 heavy (non-hydrogen) atoms. The number of anilines is 3. The second-order valence-corrected chi connectivity index (χ2v) is 14.5. The van der Waals surface area contributed by atoms with Gasteiger partial charge in [-0.15, -0.1) is 0 Å². The summed E-state index contributed by atoms with van der Waals surface area (Å²) in [6, 6.07) is 75.1. The lowest BCUT2D eigenvalue weighted by Gasteiger charge is -2.26. The van der Waals surface area contributed by atoms with Gasteiger partial charge in [0.1, 0.15) is 22.3 Å². The number of hydrogen-bond acceptors (Lipinski definition) is 3. The van der Waals surface area contributed by atoms with Crippen LogP contribution in [0.2, 0.25) is 0 Å². The van der Waals surface area contributed by atoms with Crippen LogP contribution >= 0.6 is 0 Å². The third-order valence-electron chi connectivity index (χ3n) is 11.1. The molecular formula is C54H35NO2. The van der Waals surface area contributed by atoms with Crippen molar-refractivity contribution in [1.29, 1.82) is 0 Å². The first-order valence-corrected chi connectivity index (χ1v) is 19.3. The van der Waals surface area contributed by atoms with Gasteiger partial charge in [-0.05, 0) is 106 Å². The van der Waals surface area contributed by atoms with Crippen LogP contribution in [0.15, 0.2) is 221 Å². The molecule has 0 unspecified atom stereocenters. The van der Waals surface area contributed by atoms with Crippen LogP contribution in [0.25, 0.3) is 88.4 Å². The van der Waals surface area contributed by atoms with E-state index in [0.29, 0.717) is 0 Å². The van der Waals surface area contributed by atoms with Crippen LogP contribution in [-0.4, -0.2) is 0 Å². The number of hydrogen-bond donors (Lipinski definition) is 0. The van der Waals surface area contributed by atoms with Crippen molar-refractivity contribution in [3.63, 3.8) is 0 Å². The summed E-state index contributed by atoms with van der Waals surface area (Å²) in [6.45, 7) is 0. The fourth-order valence-electron chi connectivity index (χ4n) is 8.30. The predicted molar refractivity (Wildman–Crippen MR) is 237 cm³/mol. The van der Waals surface area contributed by atoms with E-state index < -0.39 is 0 Å². The van der Waals surface area contributed by atoms with Crippen LogP contribution in [0.1, 0.15) is 0 Å². The molecule has 11 rings (SSSR count). The molecule has 0 radical (unpaired) electrons. The maximum atomic E-state index is 6.58. The molecule has 0 bridgehead atoms. The Labute approximate surface area is 330 Å². The first-order chi connectivity index (χ1) is 28.2. The van der Waals surface area contributed by atoms with Crippen molar-refractivity contribution in [2.75, 3.05) is 4.90 Å². The average Bonchev–Trinajstić information content (AvgIpc) is 3.86. The molecule has 2 aromatic heterocycles. The van der Waals surface area contributed by atoms with Crippen molar-refractivity contribution >= 4 is 60.9 Å². The summed E-state index contributed by atoms with van der Waals surface area (Å²) in [5.74, 6) is 0. The molecule has 0 aliphatic heterocycles. The minimum absolute atomic E-state index is 0.896. The van der Waals surface area contributed by atoms with Crippen molar-refractivity contribution in [2.24, 2.45) is 0 Å². The van der Waals surface area contributed by atoms with E-state index in [1.165, 1.54) is 11.1 Å². The average molecular weight is 730 g/mol. The van der Waals surface area contributed by atoms with Crippen LogP contribution in [0, 0.1) is 0 Å². The van der Waals surface area contributed by atoms with E-state index in [9.17, 15) is 0 Å². The highest BCUT2D eigenvalue weighted by Gasteiger charge is 2.19. The van der Waals surface area contributed by atoms with Crippen molar-refractivity contribution in [1.82, 2.24) is 0 Å². The number of benzene rings is 9. The van der Waals surface area contributed by atoms with Crippen LogP contribution in [0.4, 0.5) is 17.1 Å². The third kappa shape index (κ3) is 5.76. The Balaban J connectivity index is 1.00. The highest BCUT2D eigenvalue weighted by Crippen LogP contribution is 2.44. The SMILES string of the molecule is c1ccc(-c2ccc(N(c3ccc(-c4ccc5oc6ccccc6c5c4)cc3)c3ccc(-c4ccc5c(oc6ccccc65)c4-c4ccccc4)cc3)cc2)cc1. The quantitative estimate of drug-likeness (QED) is 0.164. The molecule has 0 fully saturated rings. The maximum Gasteiger partial charge on any atom is 0.143 e. The van der Waals surface area contributed by atoms with Crippen molar-refractivity contribution in [2.45, 2.75) is 0 Å². The Morgan fingerprint density at radius 2 is 0.737 bits per heavy atom. The molecule has 0 amide bonds. The van der Waals surface area contributed by atoms with E-state index >= 15 is 0 Å². The topological polar surface area (TPSA) is 29.5 Å². The van der Waals surface area contributed by atoms with E-state index in [1.807, 2.05) is 24.3 Å². The molecule has 268 valence electrons. The van der Waals surface area contributed by atoms with Crippen LogP contribution < -0.4 is 4.90 Å². The Morgan fingerprint density at radius 3 is 1.37 bits per heavy atom. The van der Waals surface area contributed by atoms with Gasteiger partial charge in [-0.2, -0.15) is 0 Å². The molecular weight excluding hydrogens is 695 g/mol. The second kappa shape index (κ2) is 13.6. The van der Waals surface area contributed by atoms with Crippen LogP contribution in [0.5, 0.6) is 0 Å². The van der Waals surface area contributed by atoms with Gasteiger partial charge >= 0.3 is 0 Å². The van der Waals surface area contributed by atoms with Crippen molar-refractivity contribution < 1.29 is 8.83 Å². The molecule has 3 heteroatoms. The Kier molecular flexibility index (Phi) is 7.82. The molecule has 0 atom stereocenters. The predicted octanol–water partition coefficient (Wildman–Crippen LogP) is 15.6. The van der Waals surface area contributed by atoms with Crippen molar-refractivity contribution in [3.8, 4) is 44.5 Å². The monoisotopic (exact) mass is 729 g/mol.